The van der Waals surface area contributed by atoms with Crippen LogP contribution in [0.4, 0.5) is 0 Å². The van der Waals surface area contributed by atoms with E-state index in [0.29, 0.717) is 23.4 Å². The molecule has 4 nitrogen and oxygen atoms in total. The molecule has 2 rings (SSSR count). The lowest BCUT2D eigenvalue weighted by atomic mass is 10.1. The summed E-state index contributed by atoms with van der Waals surface area (Å²) in [6, 6.07) is 10.5. The van der Waals surface area contributed by atoms with Crippen molar-refractivity contribution in [3.05, 3.63) is 53.7 Å². The number of esters is 1. The zero-order valence-corrected chi connectivity index (χ0v) is 10.5. The smallest absolute Gasteiger partial charge is 0.339 e. The zero-order valence-electron chi connectivity index (χ0n) is 10.5. The molecule has 1 heterocycles. The highest BCUT2D eigenvalue weighted by Crippen LogP contribution is 2.18. The molecule has 0 N–H and O–H groups in total. The minimum atomic E-state index is -0.386. The molecule has 0 aliphatic rings. The summed E-state index contributed by atoms with van der Waals surface area (Å²) in [5.74, 6) is -0.386. The first-order valence-corrected chi connectivity index (χ1v) is 5.93. The predicted octanol–water partition coefficient (Wildman–Crippen LogP) is 2.74. The summed E-state index contributed by atoms with van der Waals surface area (Å²) in [5, 5.41) is 0. The average molecular weight is 255 g/mol. The van der Waals surface area contributed by atoms with E-state index in [1.807, 2.05) is 6.07 Å². The quantitative estimate of drug-likeness (QED) is 0.622. The third-order valence-electron chi connectivity index (χ3n) is 2.59. The molecule has 1 aromatic carbocycles. The standard InChI is InChI=1S/C15H13NO3/c1-2-19-15(18)13-6-7-14(16-9-13)12-5-3-4-11(8-12)10-17/h3-10H,2H2,1H3. The summed E-state index contributed by atoms with van der Waals surface area (Å²) >= 11 is 0. The third-order valence-corrected chi connectivity index (χ3v) is 2.59. The Morgan fingerprint density at radius 3 is 2.79 bits per heavy atom. The Morgan fingerprint density at radius 1 is 1.32 bits per heavy atom. The van der Waals surface area contributed by atoms with Crippen LogP contribution in [0.3, 0.4) is 0 Å². The van der Waals surface area contributed by atoms with E-state index in [4.69, 9.17) is 4.74 Å². The lowest BCUT2D eigenvalue weighted by Crippen LogP contribution is -2.04. The Labute approximate surface area is 111 Å². The van der Waals surface area contributed by atoms with E-state index in [1.165, 1.54) is 6.20 Å². The Hall–Kier alpha value is -2.49. The van der Waals surface area contributed by atoms with Crippen LogP contribution in [0.15, 0.2) is 42.6 Å². The van der Waals surface area contributed by atoms with Crippen LogP contribution < -0.4 is 0 Å². The first-order chi connectivity index (χ1) is 9.24. The fourth-order valence-electron chi connectivity index (χ4n) is 1.67. The number of hydrogen-bond acceptors (Lipinski definition) is 4. The SMILES string of the molecule is CCOC(=O)c1ccc(-c2cccc(C=O)c2)nc1. The molecule has 96 valence electrons. The van der Waals surface area contributed by atoms with Crippen LogP contribution in [0.1, 0.15) is 27.6 Å². The van der Waals surface area contributed by atoms with E-state index < -0.39 is 0 Å². The number of carbonyl (C=O) groups is 2. The molecule has 0 saturated carbocycles. The second kappa shape index (κ2) is 5.91. The monoisotopic (exact) mass is 255 g/mol. The summed E-state index contributed by atoms with van der Waals surface area (Å²) in [6.07, 6.45) is 2.26. The minimum absolute atomic E-state index is 0.335. The van der Waals surface area contributed by atoms with E-state index in [2.05, 4.69) is 4.98 Å². The molecular weight excluding hydrogens is 242 g/mol. The highest BCUT2D eigenvalue weighted by atomic mass is 16.5. The van der Waals surface area contributed by atoms with Gasteiger partial charge in [-0.3, -0.25) is 9.78 Å². The average Bonchev–Trinajstić information content (AvgIpc) is 2.48. The molecule has 0 aliphatic heterocycles. The molecule has 0 aliphatic carbocycles. The second-order valence-electron chi connectivity index (χ2n) is 3.90. The zero-order chi connectivity index (χ0) is 13.7. The molecule has 1 aromatic heterocycles. The summed E-state index contributed by atoms with van der Waals surface area (Å²) in [4.78, 5) is 26.4. The Bertz CT molecular complexity index is 591. The maximum absolute atomic E-state index is 11.5. The lowest BCUT2D eigenvalue weighted by molar-refractivity contribution is 0.0526. The maximum Gasteiger partial charge on any atom is 0.339 e. The van der Waals surface area contributed by atoms with Crippen molar-refractivity contribution in [3.8, 4) is 11.3 Å². The van der Waals surface area contributed by atoms with Gasteiger partial charge in [0, 0.05) is 17.3 Å². The first kappa shape index (κ1) is 13.0. The Morgan fingerprint density at radius 2 is 2.16 bits per heavy atom. The van der Waals surface area contributed by atoms with Crippen LogP contribution in [0, 0.1) is 0 Å². The van der Waals surface area contributed by atoms with Crippen molar-refractivity contribution in [3.63, 3.8) is 0 Å². The predicted molar refractivity (Wildman–Crippen MR) is 71.0 cm³/mol. The fourth-order valence-corrected chi connectivity index (χ4v) is 1.67. The number of nitrogens with zero attached hydrogens (tertiary/aromatic N) is 1. The molecule has 0 bridgehead atoms. The van der Waals surface area contributed by atoms with E-state index in [-0.39, 0.29) is 5.97 Å². The molecule has 0 atom stereocenters. The lowest BCUT2D eigenvalue weighted by Gasteiger charge is -2.04. The number of hydrogen-bond donors (Lipinski definition) is 0. The van der Waals surface area contributed by atoms with Crippen molar-refractivity contribution in [2.75, 3.05) is 6.61 Å². The molecule has 2 aromatic rings. The van der Waals surface area contributed by atoms with E-state index >= 15 is 0 Å². The van der Waals surface area contributed by atoms with Crippen molar-refractivity contribution in [1.82, 2.24) is 4.98 Å². The number of aldehydes is 1. The van der Waals surface area contributed by atoms with Gasteiger partial charge in [0.1, 0.15) is 6.29 Å². The maximum atomic E-state index is 11.5. The van der Waals surface area contributed by atoms with E-state index in [9.17, 15) is 9.59 Å². The normalized spacial score (nSPS) is 9.95. The second-order valence-corrected chi connectivity index (χ2v) is 3.90. The minimum Gasteiger partial charge on any atom is -0.462 e. The molecule has 0 spiro atoms. The van der Waals surface area contributed by atoms with Crippen molar-refractivity contribution >= 4 is 12.3 Å². The van der Waals surface area contributed by atoms with Gasteiger partial charge >= 0.3 is 5.97 Å². The van der Waals surface area contributed by atoms with Crippen LogP contribution in [0.5, 0.6) is 0 Å². The van der Waals surface area contributed by atoms with Gasteiger partial charge in [-0.1, -0.05) is 18.2 Å². The van der Waals surface area contributed by atoms with Crippen molar-refractivity contribution in [2.45, 2.75) is 6.92 Å². The molecular formula is C15H13NO3. The van der Waals surface area contributed by atoms with Crippen molar-refractivity contribution < 1.29 is 14.3 Å². The van der Waals surface area contributed by atoms with Crippen LogP contribution in [0.2, 0.25) is 0 Å². The van der Waals surface area contributed by atoms with E-state index in [1.54, 1.807) is 37.3 Å². The molecule has 0 saturated heterocycles. The van der Waals surface area contributed by atoms with Gasteiger partial charge in [-0.05, 0) is 25.1 Å². The van der Waals surface area contributed by atoms with Gasteiger partial charge in [0.15, 0.2) is 0 Å². The van der Waals surface area contributed by atoms with Gasteiger partial charge < -0.3 is 4.74 Å². The highest BCUT2D eigenvalue weighted by molar-refractivity contribution is 5.89. The van der Waals surface area contributed by atoms with Crippen LogP contribution in [-0.2, 0) is 4.74 Å². The summed E-state index contributed by atoms with van der Waals surface area (Å²) < 4.78 is 4.88. The van der Waals surface area contributed by atoms with E-state index in [0.717, 1.165) is 11.8 Å². The van der Waals surface area contributed by atoms with Gasteiger partial charge in [0.05, 0.1) is 17.9 Å². The number of aromatic nitrogens is 1. The summed E-state index contributed by atoms with van der Waals surface area (Å²) in [5.41, 5.74) is 2.54. The Balaban J connectivity index is 2.26. The summed E-state index contributed by atoms with van der Waals surface area (Å²) in [7, 11) is 0. The molecule has 0 radical (unpaired) electrons. The topological polar surface area (TPSA) is 56.3 Å². The third kappa shape index (κ3) is 3.04. The van der Waals surface area contributed by atoms with Gasteiger partial charge in [-0.2, -0.15) is 0 Å². The number of rotatable bonds is 4. The fraction of sp³-hybridized carbons (Fsp3) is 0.133. The van der Waals surface area contributed by atoms with Crippen LogP contribution in [-0.4, -0.2) is 23.8 Å². The number of pyridine rings is 1. The molecule has 0 unspecified atom stereocenters. The van der Waals surface area contributed by atoms with Gasteiger partial charge in [-0.15, -0.1) is 0 Å². The Kier molecular flexibility index (Phi) is 4.03. The van der Waals surface area contributed by atoms with Gasteiger partial charge in [0.25, 0.3) is 0 Å². The molecule has 19 heavy (non-hydrogen) atoms. The van der Waals surface area contributed by atoms with Crippen molar-refractivity contribution in [2.24, 2.45) is 0 Å². The van der Waals surface area contributed by atoms with Gasteiger partial charge in [0.2, 0.25) is 0 Å². The highest BCUT2D eigenvalue weighted by Gasteiger charge is 2.07. The van der Waals surface area contributed by atoms with Crippen molar-refractivity contribution in [1.29, 1.82) is 0 Å². The van der Waals surface area contributed by atoms with Crippen LogP contribution >= 0.6 is 0 Å². The van der Waals surface area contributed by atoms with Crippen LogP contribution in [0.25, 0.3) is 11.3 Å². The summed E-state index contributed by atoms with van der Waals surface area (Å²) in [6.45, 7) is 2.09. The first-order valence-electron chi connectivity index (χ1n) is 5.93. The number of carbonyl (C=O) groups excluding carboxylic acids is 2. The largest absolute Gasteiger partial charge is 0.462 e. The molecule has 4 heteroatoms. The number of ether oxygens (including phenoxy) is 1. The number of benzene rings is 1. The van der Waals surface area contributed by atoms with Gasteiger partial charge in [-0.25, -0.2) is 4.79 Å². The molecule has 0 amide bonds. The molecule has 0 fully saturated rings.